The molecule has 0 heterocycles. The Morgan fingerprint density at radius 2 is 1.55 bits per heavy atom. The number of benzene rings is 2. The third-order valence-corrected chi connectivity index (χ3v) is 5.74. The normalized spacial score (nSPS) is 14.2. The van der Waals surface area contributed by atoms with Crippen molar-refractivity contribution < 1.29 is 29.3 Å². The van der Waals surface area contributed by atoms with Crippen molar-refractivity contribution in [3.05, 3.63) is 59.7 Å². The number of nitrogens with one attached hydrogen (secondary N) is 2. The first-order chi connectivity index (χ1) is 15.8. The molecule has 1 aliphatic rings. The van der Waals surface area contributed by atoms with E-state index in [2.05, 4.69) is 10.6 Å². The molecule has 2 aromatic rings. The van der Waals surface area contributed by atoms with Crippen LogP contribution in [0.3, 0.4) is 0 Å². The van der Waals surface area contributed by atoms with Gasteiger partial charge in [-0.1, -0.05) is 62.4 Å². The van der Waals surface area contributed by atoms with Gasteiger partial charge in [-0.3, -0.25) is 4.79 Å². The number of hydrogen-bond donors (Lipinski definition) is 4. The Morgan fingerprint density at radius 1 is 0.970 bits per heavy atom. The lowest BCUT2D eigenvalue weighted by atomic mass is 9.98. The molecule has 2 amide bonds. The van der Waals surface area contributed by atoms with Crippen LogP contribution >= 0.6 is 0 Å². The van der Waals surface area contributed by atoms with Gasteiger partial charge in [-0.15, -0.1) is 0 Å². The van der Waals surface area contributed by atoms with Gasteiger partial charge < -0.3 is 25.6 Å². The number of carboxylic acid groups (broad SMARTS) is 1. The predicted octanol–water partition coefficient (Wildman–Crippen LogP) is 2.89. The molecule has 0 saturated carbocycles. The second kappa shape index (κ2) is 11.0. The summed E-state index contributed by atoms with van der Waals surface area (Å²) in [4.78, 5) is 35.9. The van der Waals surface area contributed by atoms with E-state index in [1.165, 1.54) is 0 Å². The summed E-state index contributed by atoms with van der Waals surface area (Å²) in [5.41, 5.74) is 4.41. The maximum atomic E-state index is 12.6. The fourth-order valence-electron chi connectivity index (χ4n) is 3.96. The molecule has 176 valence electrons. The number of amides is 2. The summed E-state index contributed by atoms with van der Waals surface area (Å²) in [7, 11) is 0. The fourth-order valence-corrected chi connectivity index (χ4v) is 3.96. The van der Waals surface area contributed by atoms with Crippen LogP contribution < -0.4 is 10.6 Å². The highest BCUT2D eigenvalue weighted by molar-refractivity contribution is 5.86. The second-order valence-corrected chi connectivity index (χ2v) is 8.59. The first-order valence-corrected chi connectivity index (χ1v) is 11.1. The Hall–Kier alpha value is -3.39. The zero-order valence-electron chi connectivity index (χ0n) is 18.8. The first kappa shape index (κ1) is 24.3. The maximum absolute atomic E-state index is 12.6. The van der Waals surface area contributed by atoms with Gasteiger partial charge in [0.15, 0.2) is 6.10 Å². The van der Waals surface area contributed by atoms with Crippen molar-refractivity contribution >= 4 is 18.0 Å². The predicted molar refractivity (Wildman–Crippen MR) is 123 cm³/mol. The standard InChI is InChI=1S/C25H30N2O6/c1-15(2)11-12-21(23(29)26-13-22(28)24(30)31)27-25(32)33-14-20-18-9-5-3-7-16(18)17-8-4-6-10-19(17)20/h3-10,15,20-22,28H,11-14H2,1-2H3,(H,26,29)(H,27,32)(H,30,31). The van der Waals surface area contributed by atoms with Gasteiger partial charge in [0.2, 0.25) is 5.91 Å². The van der Waals surface area contributed by atoms with E-state index in [0.29, 0.717) is 18.8 Å². The van der Waals surface area contributed by atoms with Gasteiger partial charge in [-0.2, -0.15) is 0 Å². The topological polar surface area (TPSA) is 125 Å². The van der Waals surface area contributed by atoms with Crippen LogP contribution in [0.5, 0.6) is 0 Å². The number of alkyl carbamates (subject to hydrolysis) is 1. The van der Waals surface area contributed by atoms with Crippen LogP contribution in [0.1, 0.15) is 43.7 Å². The second-order valence-electron chi connectivity index (χ2n) is 8.59. The summed E-state index contributed by atoms with van der Waals surface area (Å²) < 4.78 is 5.52. The minimum absolute atomic E-state index is 0.100. The molecule has 3 rings (SSSR count). The lowest BCUT2D eigenvalue weighted by Gasteiger charge is -2.21. The number of carbonyl (C=O) groups is 3. The van der Waals surface area contributed by atoms with Crippen molar-refractivity contribution in [3.63, 3.8) is 0 Å². The van der Waals surface area contributed by atoms with Crippen molar-refractivity contribution in [1.82, 2.24) is 10.6 Å². The molecule has 0 fully saturated rings. The van der Waals surface area contributed by atoms with E-state index in [0.717, 1.165) is 22.3 Å². The third kappa shape index (κ3) is 6.10. The van der Waals surface area contributed by atoms with Crippen molar-refractivity contribution in [3.8, 4) is 11.1 Å². The Labute approximate surface area is 193 Å². The molecule has 8 heteroatoms. The van der Waals surface area contributed by atoms with Crippen LogP contribution in [0.25, 0.3) is 11.1 Å². The van der Waals surface area contributed by atoms with E-state index in [-0.39, 0.29) is 12.5 Å². The van der Waals surface area contributed by atoms with E-state index >= 15 is 0 Å². The molecular formula is C25H30N2O6. The molecule has 8 nitrogen and oxygen atoms in total. The average Bonchev–Trinajstić information content (AvgIpc) is 3.12. The van der Waals surface area contributed by atoms with E-state index in [1.807, 2.05) is 62.4 Å². The van der Waals surface area contributed by atoms with E-state index in [1.54, 1.807) is 0 Å². The molecule has 2 unspecified atom stereocenters. The van der Waals surface area contributed by atoms with Crippen molar-refractivity contribution in [2.24, 2.45) is 5.92 Å². The quantitative estimate of drug-likeness (QED) is 0.438. The molecule has 4 N–H and O–H groups in total. The van der Waals surface area contributed by atoms with Crippen LogP contribution in [-0.4, -0.2) is 53.5 Å². The van der Waals surface area contributed by atoms with Crippen molar-refractivity contribution in [1.29, 1.82) is 0 Å². The summed E-state index contributed by atoms with van der Waals surface area (Å²) >= 11 is 0. The van der Waals surface area contributed by atoms with Crippen LogP contribution in [0.4, 0.5) is 4.79 Å². The lowest BCUT2D eigenvalue weighted by molar-refractivity contribution is -0.146. The highest BCUT2D eigenvalue weighted by atomic mass is 16.5. The molecule has 0 aromatic heterocycles. The van der Waals surface area contributed by atoms with Crippen molar-refractivity contribution in [2.45, 2.75) is 44.8 Å². The first-order valence-electron chi connectivity index (χ1n) is 11.1. The number of rotatable bonds is 10. The highest BCUT2D eigenvalue weighted by Gasteiger charge is 2.30. The average molecular weight is 455 g/mol. The van der Waals surface area contributed by atoms with Crippen LogP contribution in [0.15, 0.2) is 48.5 Å². The Balaban J connectivity index is 1.63. The van der Waals surface area contributed by atoms with Gasteiger partial charge in [0, 0.05) is 5.92 Å². The van der Waals surface area contributed by atoms with E-state index in [4.69, 9.17) is 9.84 Å². The molecular weight excluding hydrogens is 424 g/mol. The van der Waals surface area contributed by atoms with Crippen molar-refractivity contribution in [2.75, 3.05) is 13.2 Å². The van der Waals surface area contributed by atoms with Crippen LogP contribution in [0, 0.1) is 5.92 Å². The van der Waals surface area contributed by atoms with Gasteiger partial charge in [0.05, 0.1) is 6.54 Å². The monoisotopic (exact) mass is 454 g/mol. The SMILES string of the molecule is CC(C)CCC(NC(=O)OCC1c2ccccc2-c2ccccc21)C(=O)NCC(O)C(=O)O. The molecule has 0 spiro atoms. The lowest BCUT2D eigenvalue weighted by Crippen LogP contribution is -2.49. The number of aliphatic carboxylic acids is 1. The largest absolute Gasteiger partial charge is 0.479 e. The fraction of sp³-hybridized carbons (Fsp3) is 0.400. The molecule has 2 atom stereocenters. The minimum Gasteiger partial charge on any atom is -0.479 e. The van der Waals surface area contributed by atoms with Crippen LogP contribution in [0.2, 0.25) is 0 Å². The smallest absolute Gasteiger partial charge is 0.407 e. The number of fused-ring (bicyclic) bond motifs is 3. The van der Waals surface area contributed by atoms with Crippen LogP contribution in [-0.2, 0) is 14.3 Å². The van der Waals surface area contributed by atoms with Gasteiger partial charge >= 0.3 is 12.1 Å². The Bertz CT molecular complexity index is 960. The molecule has 33 heavy (non-hydrogen) atoms. The van der Waals surface area contributed by atoms with Gasteiger partial charge in [0.1, 0.15) is 12.6 Å². The van der Waals surface area contributed by atoms with E-state index in [9.17, 15) is 19.5 Å². The molecule has 2 aromatic carbocycles. The Morgan fingerprint density at radius 3 is 2.09 bits per heavy atom. The number of ether oxygens (including phenoxy) is 1. The summed E-state index contributed by atoms with van der Waals surface area (Å²) in [6.45, 7) is 3.67. The molecule has 0 saturated heterocycles. The van der Waals surface area contributed by atoms with Gasteiger partial charge in [-0.05, 0) is 41.0 Å². The summed E-state index contributed by atoms with van der Waals surface area (Å²) in [5.74, 6) is -1.80. The highest BCUT2D eigenvalue weighted by Crippen LogP contribution is 2.44. The summed E-state index contributed by atoms with van der Waals surface area (Å²) in [6, 6.07) is 15.1. The van der Waals surface area contributed by atoms with Gasteiger partial charge in [-0.25, -0.2) is 9.59 Å². The molecule has 1 aliphatic carbocycles. The number of carbonyl (C=O) groups excluding carboxylic acids is 2. The maximum Gasteiger partial charge on any atom is 0.407 e. The Kier molecular flexibility index (Phi) is 8.06. The summed E-state index contributed by atoms with van der Waals surface area (Å²) in [5, 5.41) is 23.1. The summed E-state index contributed by atoms with van der Waals surface area (Å²) in [6.07, 6.45) is -1.41. The number of hydrogen-bond acceptors (Lipinski definition) is 5. The van der Waals surface area contributed by atoms with Gasteiger partial charge in [0.25, 0.3) is 0 Å². The molecule has 0 aliphatic heterocycles. The number of aliphatic hydroxyl groups excluding tert-OH is 1. The number of carboxylic acids is 1. The third-order valence-electron chi connectivity index (χ3n) is 5.74. The molecule has 0 bridgehead atoms. The minimum atomic E-state index is -1.71. The number of aliphatic hydroxyl groups is 1. The van der Waals surface area contributed by atoms with E-state index < -0.39 is 36.7 Å². The molecule has 0 radical (unpaired) electrons. The zero-order chi connectivity index (χ0) is 24.0. The zero-order valence-corrected chi connectivity index (χ0v) is 18.8.